The number of carbonyl (C=O) groups is 1. The van der Waals surface area contributed by atoms with E-state index in [1.807, 2.05) is 26.0 Å². The lowest BCUT2D eigenvalue weighted by Gasteiger charge is -2.38. The topological polar surface area (TPSA) is 58.6 Å². The number of nitrogens with one attached hydrogen (secondary N) is 1. The summed E-state index contributed by atoms with van der Waals surface area (Å²) < 4.78 is 5.23. The van der Waals surface area contributed by atoms with Crippen molar-refractivity contribution in [2.24, 2.45) is 5.92 Å². The molecule has 0 bridgehead atoms. The predicted octanol–water partition coefficient (Wildman–Crippen LogP) is 2.64. The van der Waals surface area contributed by atoms with Crippen LogP contribution in [0.3, 0.4) is 0 Å². The van der Waals surface area contributed by atoms with Crippen LogP contribution >= 0.6 is 0 Å². The zero-order valence-electron chi connectivity index (χ0n) is 12.3. The first-order chi connectivity index (χ1) is 9.51. The summed E-state index contributed by atoms with van der Waals surface area (Å²) in [4.78, 5) is 11.2. The largest absolute Gasteiger partial charge is 0.497 e. The van der Waals surface area contributed by atoms with E-state index >= 15 is 0 Å². The summed E-state index contributed by atoms with van der Waals surface area (Å²) in [5, 5.41) is 12.4. The molecular weight excluding hydrogens is 254 g/mol. The molecule has 1 aliphatic carbocycles. The van der Waals surface area contributed by atoms with Crippen LogP contribution in [0.1, 0.15) is 38.2 Å². The molecule has 0 aromatic heterocycles. The summed E-state index contributed by atoms with van der Waals surface area (Å²) in [6.45, 7) is 3.87. The number of aliphatic carboxylic acids is 1. The van der Waals surface area contributed by atoms with Gasteiger partial charge in [-0.15, -0.1) is 0 Å². The number of ether oxygens (including phenoxy) is 1. The molecule has 1 fully saturated rings. The number of carboxylic acid groups (broad SMARTS) is 1. The number of benzene rings is 1. The van der Waals surface area contributed by atoms with Crippen molar-refractivity contribution in [3.8, 4) is 5.75 Å². The molecule has 4 heteroatoms. The third kappa shape index (κ3) is 3.31. The molecule has 1 aliphatic rings. The first kappa shape index (κ1) is 14.9. The highest BCUT2D eigenvalue weighted by atomic mass is 16.5. The van der Waals surface area contributed by atoms with Gasteiger partial charge >= 0.3 is 5.97 Å². The van der Waals surface area contributed by atoms with Crippen molar-refractivity contribution in [2.45, 2.75) is 44.7 Å². The quantitative estimate of drug-likeness (QED) is 0.839. The zero-order valence-corrected chi connectivity index (χ0v) is 12.3. The van der Waals surface area contributed by atoms with E-state index < -0.39 is 12.0 Å². The fourth-order valence-electron chi connectivity index (χ4n) is 2.72. The standard InChI is InChI=1S/C16H23NO3/c1-10(2)15(16(18)19)17-13-7-12(8-13)11-5-4-6-14(9-11)20-3/h4-6,9-10,12-13,15,17H,7-8H2,1-3H3,(H,18,19). The van der Waals surface area contributed by atoms with Gasteiger partial charge in [0.15, 0.2) is 0 Å². The van der Waals surface area contributed by atoms with Crippen molar-refractivity contribution in [3.63, 3.8) is 0 Å². The molecule has 0 heterocycles. The Morgan fingerprint density at radius 1 is 1.40 bits per heavy atom. The van der Waals surface area contributed by atoms with E-state index in [9.17, 15) is 9.90 Å². The third-order valence-electron chi connectivity index (χ3n) is 4.05. The molecular formula is C16H23NO3. The molecule has 20 heavy (non-hydrogen) atoms. The number of rotatable bonds is 6. The first-order valence-electron chi connectivity index (χ1n) is 7.14. The molecule has 0 spiro atoms. The van der Waals surface area contributed by atoms with Crippen molar-refractivity contribution in [3.05, 3.63) is 29.8 Å². The maximum absolute atomic E-state index is 11.2. The summed E-state index contributed by atoms with van der Waals surface area (Å²) in [6, 6.07) is 7.97. The van der Waals surface area contributed by atoms with Crippen molar-refractivity contribution in [2.75, 3.05) is 7.11 Å². The van der Waals surface area contributed by atoms with Crippen LogP contribution in [0.2, 0.25) is 0 Å². The number of methoxy groups -OCH3 is 1. The van der Waals surface area contributed by atoms with Crippen molar-refractivity contribution in [1.29, 1.82) is 0 Å². The Kier molecular flexibility index (Phi) is 4.65. The van der Waals surface area contributed by atoms with Gasteiger partial charge in [-0.3, -0.25) is 4.79 Å². The minimum absolute atomic E-state index is 0.100. The second kappa shape index (κ2) is 6.27. The molecule has 1 aromatic rings. The molecule has 1 atom stereocenters. The molecule has 4 nitrogen and oxygen atoms in total. The van der Waals surface area contributed by atoms with Gasteiger partial charge in [0, 0.05) is 6.04 Å². The van der Waals surface area contributed by atoms with E-state index in [2.05, 4.69) is 17.4 Å². The van der Waals surface area contributed by atoms with Crippen LogP contribution in [-0.2, 0) is 4.79 Å². The van der Waals surface area contributed by atoms with Gasteiger partial charge in [-0.1, -0.05) is 26.0 Å². The summed E-state index contributed by atoms with van der Waals surface area (Å²) >= 11 is 0. The van der Waals surface area contributed by atoms with Crippen LogP contribution in [0.4, 0.5) is 0 Å². The zero-order chi connectivity index (χ0) is 14.7. The molecule has 0 aliphatic heterocycles. The maximum atomic E-state index is 11.2. The van der Waals surface area contributed by atoms with E-state index in [4.69, 9.17) is 4.74 Å². The Morgan fingerprint density at radius 2 is 2.10 bits per heavy atom. The first-order valence-corrected chi connectivity index (χ1v) is 7.14. The minimum Gasteiger partial charge on any atom is -0.497 e. The molecule has 0 radical (unpaired) electrons. The summed E-state index contributed by atoms with van der Waals surface area (Å²) in [5.41, 5.74) is 1.28. The molecule has 0 amide bonds. The number of hydrogen-bond donors (Lipinski definition) is 2. The van der Waals surface area contributed by atoms with Crippen LogP contribution in [0.25, 0.3) is 0 Å². The Labute approximate surface area is 120 Å². The normalized spacial score (nSPS) is 23.2. The van der Waals surface area contributed by atoms with E-state index in [0.717, 1.165) is 18.6 Å². The second-order valence-electron chi connectivity index (χ2n) is 5.87. The minimum atomic E-state index is -0.759. The van der Waals surface area contributed by atoms with Crippen LogP contribution in [-0.4, -0.2) is 30.3 Å². The molecule has 2 N–H and O–H groups in total. The number of carboxylic acids is 1. The summed E-state index contributed by atoms with van der Waals surface area (Å²) in [5.74, 6) is 0.724. The fourth-order valence-corrected chi connectivity index (χ4v) is 2.72. The van der Waals surface area contributed by atoms with E-state index in [0.29, 0.717) is 12.0 Å². The van der Waals surface area contributed by atoms with Gasteiger partial charge in [0.2, 0.25) is 0 Å². The average molecular weight is 277 g/mol. The lowest BCUT2D eigenvalue weighted by molar-refractivity contribution is -0.141. The van der Waals surface area contributed by atoms with Crippen LogP contribution < -0.4 is 10.1 Å². The van der Waals surface area contributed by atoms with Gasteiger partial charge in [0.25, 0.3) is 0 Å². The molecule has 1 aromatic carbocycles. The van der Waals surface area contributed by atoms with E-state index in [-0.39, 0.29) is 5.92 Å². The molecule has 0 saturated heterocycles. The monoisotopic (exact) mass is 277 g/mol. The van der Waals surface area contributed by atoms with Crippen LogP contribution in [0.15, 0.2) is 24.3 Å². The van der Waals surface area contributed by atoms with Crippen LogP contribution in [0.5, 0.6) is 5.75 Å². The molecule has 2 rings (SSSR count). The SMILES string of the molecule is COc1cccc(C2CC(NC(C(=O)O)C(C)C)C2)c1. The number of hydrogen-bond acceptors (Lipinski definition) is 3. The van der Waals surface area contributed by atoms with Gasteiger partial charge < -0.3 is 15.2 Å². The van der Waals surface area contributed by atoms with Crippen molar-refractivity contribution in [1.82, 2.24) is 5.32 Å². The van der Waals surface area contributed by atoms with Crippen molar-refractivity contribution >= 4 is 5.97 Å². The van der Waals surface area contributed by atoms with Gasteiger partial charge in [0.1, 0.15) is 11.8 Å². The Balaban J connectivity index is 1.89. The van der Waals surface area contributed by atoms with Gasteiger partial charge in [0.05, 0.1) is 7.11 Å². The van der Waals surface area contributed by atoms with Gasteiger partial charge in [-0.05, 0) is 42.4 Å². The smallest absolute Gasteiger partial charge is 0.320 e. The highest BCUT2D eigenvalue weighted by Crippen LogP contribution is 2.38. The van der Waals surface area contributed by atoms with E-state index in [1.54, 1.807) is 7.11 Å². The summed E-state index contributed by atoms with van der Waals surface area (Å²) in [7, 11) is 1.67. The Bertz CT molecular complexity index is 467. The van der Waals surface area contributed by atoms with Gasteiger partial charge in [-0.25, -0.2) is 0 Å². The van der Waals surface area contributed by atoms with E-state index in [1.165, 1.54) is 5.56 Å². The third-order valence-corrected chi connectivity index (χ3v) is 4.05. The molecule has 1 saturated carbocycles. The molecule has 1 unspecified atom stereocenters. The summed E-state index contributed by atoms with van der Waals surface area (Å²) in [6.07, 6.45) is 1.98. The lowest BCUT2D eigenvalue weighted by atomic mass is 9.75. The fraction of sp³-hybridized carbons (Fsp3) is 0.562. The average Bonchev–Trinajstić information content (AvgIpc) is 2.36. The predicted molar refractivity (Wildman–Crippen MR) is 78.2 cm³/mol. The Hall–Kier alpha value is -1.55. The second-order valence-corrected chi connectivity index (χ2v) is 5.87. The highest BCUT2D eigenvalue weighted by molar-refractivity contribution is 5.73. The highest BCUT2D eigenvalue weighted by Gasteiger charge is 2.34. The van der Waals surface area contributed by atoms with Crippen molar-refractivity contribution < 1.29 is 14.6 Å². The Morgan fingerprint density at radius 3 is 2.65 bits per heavy atom. The maximum Gasteiger partial charge on any atom is 0.320 e. The molecule has 110 valence electrons. The lowest BCUT2D eigenvalue weighted by Crippen LogP contribution is -2.50. The van der Waals surface area contributed by atoms with Crippen LogP contribution in [0, 0.1) is 5.92 Å². The van der Waals surface area contributed by atoms with Gasteiger partial charge in [-0.2, -0.15) is 0 Å².